The molecule has 1 aromatic heterocycles. The van der Waals surface area contributed by atoms with Crippen molar-refractivity contribution in [2.75, 3.05) is 11.4 Å². The van der Waals surface area contributed by atoms with Crippen LogP contribution in [0.5, 0.6) is 0 Å². The maximum Gasteiger partial charge on any atom is 0.180 e. The largest absolute Gasteiger partial charge is 0.362 e. The van der Waals surface area contributed by atoms with Gasteiger partial charge in [-0.1, -0.05) is 13.0 Å². The number of pyridine rings is 1. The van der Waals surface area contributed by atoms with Crippen molar-refractivity contribution in [1.82, 2.24) is 4.98 Å². The summed E-state index contributed by atoms with van der Waals surface area (Å²) in [7, 11) is 0. The van der Waals surface area contributed by atoms with Gasteiger partial charge in [-0.15, -0.1) is 6.58 Å². The molecule has 0 N–H and O–H groups in total. The Balaban J connectivity index is 3.01. The fourth-order valence-corrected chi connectivity index (χ4v) is 1.79. The number of ketones is 1. The predicted octanol–water partition coefficient (Wildman–Crippen LogP) is 3.47. The van der Waals surface area contributed by atoms with Gasteiger partial charge in [0, 0.05) is 18.5 Å². The molecule has 3 nitrogen and oxygen atoms in total. The molecule has 0 saturated heterocycles. The van der Waals surface area contributed by atoms with Gasteiger partial charge in [-0.3, -0.25) is 9.78 Å². The first-order chi connectivity index (χ1) is 8.40. The first-order valence-corrected chi connectivity index (χ1v) is 6.28. The molecule has 0 aliphatic carbocycles. The SMILES string of the molecule is C=CCN(c1ccc(C(=O)CC)nc1)C(C)(C)C. The lowest BCUT2D eigenvalue weighted by Gasteiger charge is -2.36. The summed E-state index contributed by atoms with van der Waals surface area (Å²) < 4.78 is 0. The summed E-state index contributed by atoms with van der Waals surface area (Å²) in [5.41, 5.74) is 1.54. The Morgan fingerprint density at radius 3 is 2.50 bits per heavy atom. The van der Waals surface area contributed by atoms with Crippen LogP contribution >= 0.6 is 0 Å². The molecule has 1 rings (SSSR count). The van der Waals surface area contributed by atoms with E-state index in [1.165, 1.54) is 0 Å². The number of aromatic nitrogens is 1. The van der Waals surface area contributed by atoms with Crippen LogP contribution in [-0.4, -0.2) is 22.9 Å². The third-order valence-electron chi connectivity index (χ3n) is 2.79. The van der Waals surface area contributed by atoms with Crippen LogP contribution < -0.4 is 4.90 Å². The average molecular weight is 246 g/mol. The zero-order valence-electron chi connectivity index (χ0n) is 11.7. The number of nitrogens with zero attached hydrogens (tertiary/aromatic N) is 2. The predicted molar refractivity (Wildman–Crippen MR) is 76.2 cm³/mol. The highest BCUT2D eigenvalue weighted by Crippen LogP contribution is 2.23. The number of hydrogen-bond donors (Lipinski definition) is 0. The van der Waals surface area contributed by atoms with Crippen molar-refractivity contribution < 1.29 is 4.79 Å². The summed E-state index contributed by atoms with van der Waals surface area (Å²) in [6, 6.07) is 3.74. The van der Waals surface area contributed by atoms with Crippen LogP contribution in [0, 0.1) is 0 Å². The summed E-state index contributed by atoms with van der Waals surface area (Å²) >= 11 is 0. The van der Waals surface area contributed by atoms with Crippen LogP contribution in [0.1, 0.15) is 44.6 Å². The summed E-state index contributed by atoms with van der Waals surface area (Å²) in [4.78, 5) is 18.0. The normalized spacial score (nSPS) is 11.1. The fourth-order valence-electron chi connectivity index (χ4n) is 1.79. The molecule has 0 radical (unpaired) electrons. The van der Waals surface area contributed by atoms with Crippen molar-refractivity contribution in [3.8, 4) is 0 Å². The van der Waals surface area contributed by atoms with E-state index in [9.17, 15) is 4.79 Å². The molecule has 1 aromatic rings. The molecular weight excluding hydrogens is 224 g/mol. The molecule has 0 saturated carbocycles. The fraction of sp³-hybridized carbons (Fsp3) is 0.467. The van der Waals surface area contributed by atoms with E-state index in [0.717, 1.165) is 12.2 Å². The zero-order chi connectivity index (χ0) is 13.8. The molecule has 98 valence electrons. The minimum absolute atomic E-state index is 0.00779. The third-order valence-corrected chi connectivity index (χ3v) is 2.79. The molecule has 0 amide bonds. The van der Waals surface area contributed by atoms with E-state index in [1.54, 1.807) is 12.3 Å². The van der Waals surface area contributed by atoms with E-state index in [-0.39, 0.29) is 11.3 Å². The Labute approximate surface area is 110 Å². The molecule has 0 fully saturated rings. The van der Waals surface area contributed by atoms with Gasteiger partial charge in [-0.2, -0.15) is 0 Å². The van der Waals surface area contributed by atoms with E-state index in [1.807, 2.05) is 19.1 Å². The number of Topliss-reactive ketones (excluding diaryl/α,β-unsaturated/α-hetero) is 1. The Morgan fingerprint density at radius 1 is 1.44 bits per heavy atom. The van der Waals surface area contributed by atoms with Crippen molar-refractivity contribution in [3.63, 3.8) is 0 Å². The standard InChI is InChI=1S/C15H22N2O/c1-6-10-17(15(3,4)5)12-8-9-13(16-11-12)14(18)7-2/h6,8-9,11H,1,7,10H2,2-5H3. The molecule has 0 atom stereocenters. The molecule has 18 heavy (non-hydrogen) atoms. The van der Waals surface area contributed by atoms with Gasteiger partial charge < -0.3 is 4.90 Å². The first-order valence-electron chi connectivity index (χ1n) is 6.28. The lowest BCUT2D eigenvalue weighted by atomic mass is 10.0. The van der Waals surface area contributed by atoms with Crippen molar-refractivity contribution in [3.05, 3.63) is 36.7 Å². The average Bonchev–Trinajstić information content (AvgIpc) is 2.34. The van der Waals surface area contributed by atoms with E-state index >= 15 is 0 Å². The van der Waals surface area contributed by atoms with Crippen molar-refractivity contribution in [2.45, 2.75) is 39.7 Å². The second kappa shape index (κ2) is 5.80. The first kappa shape index (κ1) is 14.4. The Bertz CT molecular complexity index is 415. The smallest absolute Gasteiger partial charge is 0.180 e. The molecule has 0 spiro atoms. The molecule has 0 bridgehead atoms. The van der Waals surface area contributed by atoms with Gasteiger partial charge in [0.1, 0.15) is 5.69 Å². The maximum atomic E-state index is 11.5. The lowest BCUT2D eigenvalue weighted by Crippen LogP contribution is -2.41. The van der Waals surface area contributed by atoms with E-state index < -0.39 is 0 Å². The van der Waals surface area contributed by atoms with E-state index in [0.29, 0.717) is 12.1 Å². The molecule has 0 aliphatic heterocycles. The minimum Gasteiger partial charge on any atom is -0.362 e. The Hall–Kier alpha value is -1.64. The highest BCUT2D eigenvalue weighted by molar-refractivity contribution is 5.94. The van der Waals surface area contributed by atoms with Gasteiger partial charge in [0.15, 0.2) is 5.78 Å². The number of carbonyl (C=O) groups is 1. The second-order valence-corrected chi connectivity index (χ2v) is 5.25. The van der Waals surface area contributed by atoms with Gasteiger partial charge in [0.05, 0.1) is 11.9 Å². The van der Waals surface area contributed by atoms with E-state index in [2.05, 4.69) is 37.2 Å². The monoisotopic (exact) mass is 246 g/mol. The topological polar surface area (TPSA) is 33.2 Å². The minimum atomic E-state index is -0.00779. The maximum absolute atomic E-state index is 11.5. The highest BCUT2D eigenvalue weighted by Gasteiger charge is 2.20. The van der Waals surface area contributed by atoms with Crippen LogP contribution in [0.2, 0.25) is 0 Å². The summed E-state index contributed by atoms with van der Waals surface area (Å²) in [6.07, 6.45) is 4.12. The molecule has 3 heteroatoms. The van der Waals surface area contributed by atoms with Gasteiger partial charge in [0.2, 0.25) is 0 Å². The van der Waals surface area contributed by atoms with Gasteiger partial charge in [-0.05, 0) is 32.9 Å². The Morgan fingerprint density at radius 2 is 2.11 bits per heavy atom. The molecule has 0 unspecified atom stereocenters. The number of anilines is 1. The highest BCUT2D eigenvalue weighted by atomic mass is 16.1. The Kier molecular flexibility index (Phi) is 4.65. The van der Waals surface area contributed by atoms with E-state index in [4.69, 9.17) is 0 Å². The molecule has 1 heterocycles. The third kappa shape index (κ3) is 3.42. The van der Waals surface area contributed by atoms with Gasteiger partial charge >= 0.3 is 0 Å². The summed E-state index contributed by atoms with van der Waals surface area (Å²) in [5, 5.41) is 0. The van der Waals surface area contributed by atoms with Crippen molar-refractivity contribution in [2.24, 2.45) is 0 Å². The van der Waals surface area contributed by atoms with Crippen molar-refractivity contribution in [1.29, 1.82) is 0 Å². The molecule has 0 aliphatic rings. The van der Waals surface area contributed by atoms with Gasteiger partial charge in [0.25, 0.3) is 0 Å². The van der Waals surface area contributed by atoms with Crippen LogP contribution in [0.25, 0.3) is 0 Å². The van der Waals surface area contributed by atoms with Crippen LogP contribution in [0.15, 0.2) is 31.0 Å². The van der Waals surface area contributed by atoms with Crippen molar-refractivity contribution >= 4 is 11.5 Å². The second-order valence-electron chi connectivity index (χ2n) is 5.25. The van der Waals surface area contributed by atoms with Crippen LogP contribution in [-0.2, 0) is 0 Å². The van der Waals surface area contributed by atoms with Gasteiger partial charge in [-0.25, -0.2) is 0 Å². The number of carbonyl (C=O) groups excluding carboxylic acids is 1. The lowest BCUT2D eigenvalue weighted by molar-refractivity contribution is 0.0983. The van der Waals surface area contributed by atoms with Crippen LogP contribution in [0.3, 0.4) is 0 Å². The summed E-state index contributed by atoms with van der Waals surface area (Å²) in [5.74, 6) is 0.0765. The van der Waals surface area contributed by atoms with Crippen LogP contribution in [0.4, 0.5) is 5.69 Å². The number of rotatable bonds is 5. The number of hydrogen-bond acceptors (Lipinski definition) is 3. The summed E-state index contributed by atoms with van der Waals surface area (Å²) in [6.45, 7) is 12.8. The molecule has 0 aromatic carbocycles. The molecular formula is C15H22N2O. The quantitative estimate of drug-likeness (QED) is 0.589. The zero-order valence-corrected chi connectivity index (χ0v) is 11.7.